The van der Waals surface area contributed by atoms with Gasteiger partial charge in [-0.05, 0) is 30.2 Å². The number of benzene rings is 2. The van der Waals surface area contributed by atoms with Crippen molar-refractivity contribution in [2.24, 2.45) is 0 Å². The van der Waals surface area contributed by atoms with Crippen LogP contribution >= 0.6 is 11.6 Å². The molecule has 138 valence electrons. The molecule has 3 aromatic rings. The molecule has 0 fully saturated rings. The Labute approximate surface area is 163 Å². The lowest BCUT2D eigenvalue weighted by Crippen LogP contribution is -2.31. The summed E-state index contributed by atoms with van der Waals surface area (Å²) in [5.74, 6) is -0.165. The molecule has 0 radical (unpaired) electrons. The average molecular weight is 381 g/mol. The van der Waals surface area contributed by atoms with Crippen molar-refractivity contribution < 1.29 is 4.79 Å². The third-order valence-electron chi connectivity index (χ3n) is 4.28. The van der Waals surface area contributed by atoms with Gasteiger partial charge in [0.15, 0.2) is 5.69 Å². The summed E-state index contributed by atoms with van der Waals surface area (Å²) in [6.07, 6.45) is 1.71. The molecule has 6 heteroatoms. The lowest BCUT2D eigenvalue weighted by molar-refractivity contribution is 0.0756. The van der Waals surface area contributed by atoms with E-state index in [0.717, 1.165) is 16.8 Å². The maximum absolute atomic E-state index is 13.0. The van der Waals surface area contributed by atoms with Crippen molar-refractivity contribution in [2.45, 2.75) is 20.0 Å². The van der Waals surface area contributed by atoms with Crippen LogP contribution in [0.15, 0.2) is 67.3 Å². The molecular formula is C21H21ClN4O. The first kappa shape index (κ1) is 18.9. The Balaban J connectivity index is 1.79. The molecule has 0 N–H and O–H groups in total. The van der Waals surface area contributed by atoms with E-state index in [0.29, 0.717) is 30.4 Å². The molecule has 0 spiro atoms. The summed E-state index contributed by atoms with van der Waals surface area (Å²) in [5.41, 5.74) is 3.20. The number of carbonyl (C=O) groups is 1. The van der Waals surface area contributed by atoms with Gasteiger partial charge < -0.3 is 4.90 Å². The number of halogens is 1. The van der Waals surface area contributed by atoms with Gasteiger partial charge in [0, 0.05) is 18.1 Å². The van der Waals surface area contributed by atoms with Crippen molar-refractivity contribution in [1.82, 2.24) is 19.9 Å². The zero-order valence-electron chi connectivity index (χ0n) is 15.2. The summed E-state index contributed by atoms with van der Waals surface area (Å²) in [6.45, 7) is 7.07. The van der Waals surface area contributed by atoms with Crippen molar-refractivity contribution in [2.75, 3.05) is 6.54 Å². The van der Waals surface area contributed by atoms with Crippen LogP contribution < -0.4 is 0 Å². The Morgan fingerprint density at radius 2 is 1.85 bits per heavy atom. The highest BCUT2D eigenvalue weighted by molar-refractivity contribution is 6.30. The van der Waals surface area contributed by atoms with Crippen LogP contribution in [0.2, 0.25) is 5.02 Å². The summed E-state index contributed by atoms with van der Waals surface area (Å²) in [4.78, 5) is 14.7. The molecule has 0 bridgehead atoms. The molecule has 0 atom stereocenters. The zero-order chi connectivity index (χ0) is 19.2. The van der Waals surface area contributed by atoms with Crippen LogP contribution in [0, 0.1) is 6.92 Å². The molecule has 0 aliphatic carbocycles. The number of hydrogen-bond donors (Lipinski definition) is 0. The van der Waals surface area contributed by atoms with Gasteiger partial charge in [0.25, 0.3) is 5.91 Å². The van der Waals surface area contributed by atoms with Gasteiger partial charge in [-0.2, -0.15) is 0 Å². The van der Waals surface area contributed by atoms with E-state index in [-0.39, 0.29) is 5.91 Å². The zero-order valence-corrected chi connectivity index (χ0v) is 15.9. The van der Waals surface area contributed by atoms with E-state index in [9.17, 15) is 4.79 Å². The number of nitrogens with zero attached hydrogens (tertiary/aromatic N) is 4. The highest BCUT2D eigenvalue weighted by Crippen LogP contribution is 2.15. The molecule has 1 amide bonds. The Morgan fingerprint density at radius 1 is 1.15 bits per heavy atom. The van der Waals surface area contributed by atoms with Gasteiger partial charge in [0.1, 0.15) is 0 Å². The van der Waals surface area contributed by atoms with Gasteiger partial charge >= 0.3 is 0 Å². The molecule has 3 rings (SSSR count). The molecule has 0 aliphatic heterocycles. The fourth-order valence-corrected chi connectivity index (χ4v) is 2.93. The van der Waals surface area contributed by atoms with E-state index < -0.39 is 0 Å². The quantitative estimate of drug-likeness (QED) is 0.579. The molecule has 1 heterocycles. The van der Waals surface area contributed by atoms with Crippen LogP contribution in [0.1, 0.15) is 27.3 Å². The Hall–Kier alpha value is -2.92. The predicted molar refractivity (Wildman–Crippen MR) is 107 cm³/mol. The van der Waals surface area contributed by atoms with E-state index in [4.69, 9.17) is 11.6 Å². The second-order valence-corrected chi connectivity index (χ2v) is 6.70. The number of carbonyl (C=O) groups excluding carboxylic acids is 1. The first-order valence-electron chi connectivity index (χ1n) is 8.67. The molecular weight excluding hydrogens is 360 g/mol. The largest absolute Gasteiger partial charge is 0.329 e. The first-order valence-corrected chi connectivity index (χ1v) is 9.05. The Morgan fingerprint density at radius 3 is 2.52 bits per heavy atom. The van der Waals surface area contributed by atoms with E-state index >= 15 is 0 Å². The fraction of sp³-hybridized carbons (Fsp3) is 0.190. The predicted octanol–water partition coefficient (Wildman–Crippen LogP) is 4.12. The van der Waals surface area contributed by atoms with Gasteiger partial charge in [-0.1, -0.05) is 65.4 Å². The summed E-state index contributed by atoms with van der Waals surface area (Å²) >= 11 is 5.94. The summed E-state index contributed by atoms with van der Waals surface area (Å²) < 4.78 is 1.75. The minimum Gasteiger partial charge on any atom is -0.329 e. The minimum atomic E-state index is -0.165. The van der Waals surface area contributed by atoms with E-state index in [1.807, 2.05) is 61.5 Å². The Kier molecular flexibility index (Phi) is 6.04. The minimum absolute atomic E-state index is 0.165. The second kappa shape index (κ2) is 8.64. The van der Waals surface area contributed by atoms with Crippen LogP contribution in [0.4, 0.5) is 0 Å². The fourth-order valence-electron chi connectivity index (χ4n) is 2.80. The molecule has 2 aromatic carbocycles. The normalized spacial score (nSPS) is 10.6. The SMILES string of the molecule is C=CCN(Cc1ccc(Cl)cc1)C(=O)c1nnn(Cc2ccccc2)c1C. The van der Waals surface area contributed by atoms with Crippen molar-refractivity contribution in [3.8, 4) is 0 Å². The number of amides is 1. The second-order valence-electron chi connectivity index (χ2n) is 6.27. The van der Waals surface area contributed by atoms with Crippen molar-refractivity contribution in [1.29, 1.82) is 0 Å². The standard InChI is InChI=1S/C21H21ClN4O/c1-3-13-25(14-18-9-11-19(22)12-10-18)21(27)20-16(2)26(24-23-20)15-17-7-5-4-6-8-17/h3-12H,1,13-15H2,2H3. The van der Waals surface area contributed by atoms with Crippen LogP contribution in [-0.4, -0.2) is 32.3 Å². The van der Waals surface area contributed by atoms with Crippen LogP contribution in [-0.2, 0) is 13.1 Å². The van der Waals surface area contributed by atoms with Crippen LogP contribution in [0.3, 0.4) is 0 Å². The molecule has 27 heavy (non-hydrogen) atoms. The van der Waals surface area contributed by atoms with Gasteiger partial charge in [0.2, 0.25) is 0 Å². The lowest BCUT2D eigenvalue weighted by Gasteiger charge is -2.20. The smallest absolute Gasteiger partial charge is 0.276 e. The summed E-state index contributed by atoms with van der Waals surface area (Å²) in [5, 5.41) is 8.97. The first-order chi connectivity index (χ1) is 13.1. The third-order valence-corrected chi connectivity index (χ3v) is 4.54. The maximum Gasteiger partial charge on any atom is 0.276 e. The molecule has 1 aromatic heterocycles. The maximum atomic E-state index is 13.0. The van der Waals surface area contributed by atoms with Crippen molar-refractivity contribution in [3.05, 3.63) is 94.8 Å². The topological polar surface area (TPSA) is 51.0 Å². The van der Waals surface area contributed by atoms with Gasteiger partial charge in [0.05, 0.1) is 12.2 Å². The molecule has 5 nitrogen and oxygen atoms in total. The van der Waals surface area contributed by atoms with Gasteiger partial charge in [-0.25, -0.2) is 4.68 Å². The highest BCUT2D eigenvalue weighted by Gasteiger charge is 2.22. The van der Waals surface area contributed by atoms with E-state index in [1.54, 1.807) is 15.7 Å². The van der Waals surface area contributed by atoms with Crippen LogP contribution in [0.5, 0.6) is 0 Å². The molecule has 0 saturated carbocycles. The van der Waals surface area contributed by atoms with Gasteiger partial charge in [-0.3, -0.25) is 4.79 Å². The average Bonchev–Trinajstić information content (AvgIpc) is 3.04. The van der Waals surface area contributed by atoms with Crippen LogP contribution in [0.25, 0.3) is 0 Å². The lowest BCUT2D eigenvalue weighted by atomic mass is 10.2. The monoisotopic (exact) mass is 380 g/mol. The highest BCUT2D eigenvalue weighted by atomic mass is 35.5. The molecule has 0 saturated heterocycles. The summed E-state index contributed by atoms with van der Waals surface area (Å²) in [6, 6.07) is 17.4. The number of aromatic nitrogens is 3. The van der Waals surface area contributed by atoms with E-state index in [1.165, 1.54) is 0 Å². The summed E-state index contributed by atoms with van der Waals surface area (Å²) in [7, 11) is 0. The Bertz CT molecular complexity index is 919. The number of rotatable bonds is 7. The molecule has 0 unspecified atom stereocenters. The van der Waals surface area contributed by atoms with Crippen molar-refractivity contribution in [3.63, 3.8) is 0 Å². The van der Waals surface area contributed by atoms with Gasteiger partial charge in [-0.15, -0.1) is 11.7 Å². The number of hydrogen-bond acceptors (Lipinski definition) is 3. The van der Waals surface area contributed by atoms with E-state index in [2.05, 4.69) is 16.9 Å². The van der Waals surface area contributed by atoms with Crippen molar-refractivity contribution >= 4 is 17.5 Å². The molecule has 0 aliphatic rings. The third kappa shape index (κ3) is 4.63.